The Hall–Kier alpha value is -3.00. The van der Waals surface area contributed by atoms with Gasteiger partial charge in [-0.05, 0) is 60.5 Å². The SMILES string of the molecule is COc1cc(/C=C2\S/C(=N/c3ccccn3)N(C3CCCCC3)C2=O)cc(OC)c1OC. The molecule has 1 aromatic carbocycles. The topological polar surface area (TPSA) is 73.3 Å². The minimum atomic E-state index is -0.0228. The van der Waals surface area contributed by atoms with E-state index in [-0.39, 0.29) is 11.9 Å². The lowest BCUT2D eigenvalue weighted by Gasteiger charge is -2.30. The van der Waals surface area contributed by atoms with Gasteiger partial charge in [0.05, 0.1) is 26.2 Å². The van der Waals surface area contributed by atoms with Gasteiger partial charge in [0.2, 0.25) is 5.75 Å². The van der Waals surface area contributed by atoms with Gasteiger partial charge < -0.3 is 14.2 Å². The standard InChI is InChI=1S/C24H27N3O4S/c1-29-18-13-16(14-19(30-2)22(18)31-3)15-20-23(28)27(17-9-5-4-6-10-17)24(32-20)26-21-11-7-8-12-25-21/h7-8,11-15,17H,4-6,9-10H2,1-3H3/b20-15-,26-24+. The Kier molecular flexibility index (Phi) is 6.99. The van der Waals surface area contributed by atoms with Gasteiger partial charge in [0.25, 0.3) is 5.91 Å². The zero-order chi connectivity index (χ0) is 22.5. The van der Waals surface area contributed by atoms with Gasteiger partial charge in [0, 0.05) is 12.2 Å². The molecule has 4 rings (SSSR count). The number of carbonyl (C=O) groups excluding carboxylic acids is 1. The predicted octanol–water partition coefficient (Wildman–Crippen LogP) is 5.04. The molecule has 2 fully saturated rings. The maximum atomic E-state index is 13.5. The number of aliphatic imine (C=N–C) groups is 1. The first-order valence-electron chi connectivity index (χ1n) is 10.7. The third kappa shape index (κ3) is 4.60. The van der Waals surface area contributed by atoms with E-state index in [1.165, 1.54) is 18.2 Å². The molecule has 2 aromatic rings. The summed E-state index contributed by atoms with van der Waals surface area (Å²) in [6, 6.07) is 9.42. The van der Waals surface area contributed by atoms with Crippen LogP contribution in [0.25, 0.3) is 6.08 Å². The molecule has 0 unspecified atom stereocenters. The molecular weight excluding hydrogens is 426 g/mol. The molecule has 0 N–H and O–H groups in total. The highest BCUT2D eigenvalue weighted by molar-refractivity contribution is 8.18. The summed E-state index contributed by atoms with van der Waals surface area (Å²) in [5, 5.41) is 0.680. The second-order valence-electron chi connectivity index (χ2n) is 7.62. The zero-order valence-electron chi connectivity index (χ0n) is 18.5. The van der Waals surface area contributed by atoms with Crippen LogP contribution in [0.2, 0.25) is 0 Å². The van der Waals surface area contributed by atoms with Crippen LogP contribution in [0.1, 0.15) is 37.7 Å². The molecule has 32 heavy (non-hydrogen) atoms. The Bertz CT molecular complexity index is 1010. The number of pyridine rings is 1. The summed E-state index contributed by atoms with van der Waals surface area (Å²) >= 11 is 1.38. The van der Waals surface area contributed by atoms with Gasteiger partial charge in [-0.15, -0.1) is 0 Å². The fraction of sp³-hybridized carbons (Fsp3) is 0.375. The quantitative estimate of drug-likeness (QED) is 0.570. The van der Waals surface area contributed by atoms with E-state index in [2.05, 4.69) is 4.98 Å². The van der Waals surface area contributed by atoms with Gasteiger partial charge in [0.15, 0.2) is 22.5 Å². The lowest BCUT2D eigenvalue weighted by Crippen LogP contribution is -2.40. The largest absolute Gasteiger partial charge is 0.493 e. The average molecular weight is 454 g/mol. The first-order valence-corrected chi connectivity index (χ1v) is 11.5. The molecule has 7 nitrogen and oxygen atoms in total. The van der Waals surface area contributed by atoms with E-state index in [9.17, 15) is 4.79 Å². The summed E-state index contributed by atoms with van der Waals surface area (Å²) in [4.78, 5) is 25.0. The van der Waals surface area contributed by atoms with Crippen molar-refractivity contribution in [2.75, 3.05) is 21.3 Å². The van der Waals surface area contributed by atoms with Crippen molar-refractivity contribution < 1.29 is 19.0 Å². The predicted molar refractivity (Wildman–Crippen MR) is 127 cm³/mol. The summed E-state index contributed by atoms with van der Waals surface area (Å²) in [5.74, 6) is 2.17. The van der Waals surface area contributed by atoms with Crippen LogP contribution in [0.15, 0.2) is 46.4 Å². The molecular formula is C24H27N3O4S. The summed E-state index contributed by atoms with van der Waals surface area (Å²) in [6.45, 7) is 0. The van der Waals surface area contributed by atoms with E-state index in [0.717, 1.165) is 31.2 Å². The Labute approximate surface area is 192 Å². The monoisotopic (exact) mass is 453 g/mol. The van der Waals surface area contributed by atoms with E-state index in [1.807, 2.05) is 41.3 Å². The number of amides is 1. The summed E-state index contributed by atoms with van der Waals surface area (Å²) in [6.07, 6.45) is 9.01. The van der Waals surface area contributed by atoms with Crippen LogP contribution < -0.4 is 14.2 Å². The maximum Gasteiger partial charge on any atom is 0.267 e. The van der Waals surface area contributed by atoms with Crippen molar-refractivity contribution in [2.24, 2.45) is 4.99 Å². The van der Waals surface area contributed by atoms with Gasteiger partial charge in [-0.1, -0.05) is 25.3 Å². The molecule has 8 heteroatoms. The van der Waals surface area contributed by atoms with Crippen molar-refractivity contribution in [3.05, 3.63) is 47.0 Å². The van der Waals surface area contributed by atoms with Crippen LogP contribution in [0.5, 0.6) is 17.2 Å². The van der Waals surface area contributed by atoms with Crippen molar-refractivity contribution in [1.82, 2.24) is 9.88 Å². The highest BCUT2D eigenvalue weighted by Gasteiger charge is 2.38. The lowest BCUT2D eigenvalue weighted by atomic mass is 9.94. The Balaban J connectivity index is 1.73. The number of aromatic nitrogens is 1. The second-order valence-corrected chi connectivity index (χ2v) is 8.63. The highest BCUT2D eigenvalue weighted by atomic mass is 32.2. The molecule has 0 atom stereocenters. The van der Waals surface area contributed by atoms with Gasteiger partial charge in [-0.25, -0.2) is 9.98 Å². The highest BCUT2D eigenvalue weighted by Crippen LogP contribution is 2.41. The van der Waals surface area contributed by atoms with Crippen LogP contribution in [0, 0.1) is 0 Å². The Morgan fingerprint density at radius 1 is 1.06 bits per heavy atom. The number of thioether (sulfide) groups is 1. The molecule has 1 amide bonds. The molecule has 0 bridgehead atoms. The smallest absolute Gasteiger partial charge is 0.267 e. The fourth-order valence-electron chi connectivity index (χ4n) is 4.08. The third-order valence-corrected chi connectivity index (χ3v) is 6.60. The summed E-state index contributed by atoms with van der Waals surface area (Å²) in [5.41, 5.74) is 0.790. The van der Waals surface area contributed by atoms with Crippen LogP contribution >= 0.6 is 11.8 Å². The minimum absolute atomic E-state index is 0.0228. The number of methoxy groups -OCH3 is 3. The molecule has 2 aliphatic rings. The van der Waals surface area contributed by atoms with Crippen LogP contribution in [-0.2, 0) is 4.79 Å². The van der Waals surface area contributed by atoms with E-state index < -0.39 is 0 Å². The van der Waals surface area contributed by atoms with Gasteiger partial charge in [0.1, 0.15) is 0 Å². The second kappa shape index (κ2) is 10.1. The van der Waals surface area contributed by atoms with Crippen molar-refractivity contribution >= 4 is 34.7 Å². The van der Waals surface area contributed by atoms with Crippen molar-refractivity contribution in [2.45, 2.75) is 38.1 Å². The normalized spacial score (nSPS) is 19.6. The molecule has 1 saturated heterocycles. The molecule has 2 heterocycles. The van der Waals surface area contributed by atoms with Gasteiger partial charge in [-0.3, -0.25) is 9.69 Å². The van der Waals surface area contributed by atoms with Crippen molar-refractivity contribution in [3.8, 4) is 17.2 Å². The third-order valence-electron chi connectivity index (χ3n) is 5.62. The van der Waals surface area contributed by atoms with Crippen LogP contribution in [0.4, 0.5) is 5.82 Å². The lowest BCUT2D eigenvalue weighted by molar-refractivity contribution is -0.124. The Morgan fingerprint density at radius 2 is 1.78 bits per heavy atom. The van der Waals surface area contributed by atoms with E-state index in [0.29, 0.717) is 33.1 Å². The average Bonchev–Trinajstić information content (AvgIpc) is 3.13. The number of carbonyl (C=O) groups is 1. The minimum Gasteiger partial charge on any atom is -0.493 e. The molecule has 1 saturated carbocycles. The fourth-order valence-corrected chi connectivity index (χ4v) is 5.13. The number of amidine groups is 1. The molecule has 0 spiro atoms. The molecule has 168 valence electrons. The van der Waals surface area contributed by atoms with E-state index in [1.54, 1.807) is 27.5 Å². The first-order chi connectivity index (χ1) is 15.6. The van der Waals surface area contributed by atoms with E-state index in [4.69, 9.17) is 19.2 Å². The zero-order valence-corrected chi connectivity index (χ0v) is 19.4. The van der Waals surface area contributed by atoms with Gasteiger partial charge in [-0.2, -0.15) is 0 Å². The van der Waals surface area contributed by atoms with Crippen molar-refractivity contribution in [3.63, 3.8) is 0 Å². The molecule has 1 aromatic heterocycles. The number of hydrogen-bond acceptors (Lipinski definition) is 7. The molecule has 1 aliphatic carbocycles. The number of hydrogen-bond donors (Lipinski definition) is 0. The number of ether oxygens (including phenoxy) is 3. The summed E-state index contributed by atoms with van der Waals surface area (Å²) in [7, 11) is 4.72. The van der Waals surface area contributed by atoms with E-state index >= 15 is 0 Å². The summed E-state index contributed by atoms with van der Waals surface area (Å²) < 4.78 is 16.3. The number of benzene rings is 1. The number of rotatable bonds is 6. The Morgan fingerprint density at radius 3 is 2.38 bits per heavy atom. The van der Waals surface area contributed by atoms with Crippen molar-refractivity contribution in [1.29, 1.82) is 0 Å². The molecule has 0 radical (unpaired) electrons. The molecule has 1 aliphatic heterocycles. The first kappa shape index (κ1) is 22.2. The van der Waals surface area contributed by atoms with Crippen LogP contribution in [-0.4, -0.2) is 48.3 Å². The van der Waals surface area contributed by atoms with Gasteiger partial charge >= 0.3 is 0 Å². The number of nitrogens with zero attached hydrogens (tertiary/aromatic N) is 3. The van der Waals surface area contributed by atoms with Crippen LogP contribution in [0.3, 0.4) is 0 Å². The maximum absolute atomic E-state index is 13.5.